The van der Waals surface area contributed by atoms with E-state index in [0.717, 1.165) is 11.8 Å². The molecule has 0 radical (unpaired) electrons. The van der Waals surface area contributed by atoms with E-state index in [2.05, 4.69) is 10.2 Å². The van der Waals surface area contributed by atoms with Gasteiger partial charge in [0.05, 0.1) is 28.4 Å². The average molecular weight is 368 g/mol. The molecule has 0 aliphatic rings. The maximum absolute atomic E-state index is 11.7. The number of ether oxygens (including phenoxy) is 4. The molecule has 0 saturated carbocycles. The molecule has 9 heteroatoms. The zero-order chi connectivity index (χ0) is 18.4. The van der Waals surface area contributed by atoms with Gasteiger partial charge in [0, 0.05) is 5.56 Å². The Kier molecular flexibility index (Phi) is 6.51. The fraction of sp³-hybridized carbons (Fsp3) is 0.438. The van der Waals surface area contributed by atoms with Crippen molar-refractivity contribution in [1.82, 2.24) is 10.2 Å². The SMILES string of the molecule is CC[C@H](Sc1nnc(-c2cc(OC)c(OC)c(OC)c2)o1)C(=O)OC. The Bertz CT molecular complexity index is 708. The molecule has 0 amide bonds. The predicted molar refractivity (Wildman–Crippen MR) is 91.3 cm³/mol. The van der Waals surface area contributed by atoms with E-state index >= 15 is 0 Å². The first-order valence-electron chi connectivity index (χ1n) is 7.46. The third-order valence-electron chi connectivity index (χ3n) is 3.40. The molecule has 0 unspecified atom stereocenters. The summed E-state index contributed by atoms with van der Waals surface area (Å²) in [6.07, 6.45) is 0.583. The van der Waals surface area contributed by atoms with Crippen LogP contribution < -0.4 is 14.2 Å². The Morgan fingerprint density at radius 2 is 1.76 bits per heavy atom. The summed E-state index contributed by atoms with van der Waals surface area (Å²) in [5.41, 5.74) is 0.611. The molecule has 1 atom stereocenters. The highest BCUT2D eigenvalue weighted by molar-refractivity contribution is 8.00. The smallest absolute Gasteiger partial charge is 0.319 e. The van der Waals surface area contributed by atoms with Crippen LogP contribution in [0, 0.1) is 0 Å². The first kappa shape index (κ1) is 18.9. The van der Waals surface area contributed by atoms with Crippen molar-refractivity contribution in [1.29, 1.82) is 0 Å². The summed E-state index contributed by atoms with van der Waals surface area (Å²) in [5, 5.41) is 7.87. The minimum atomic E-state index is -0.404. The molecule has 136 valence electrons. The quantitative estimate of drug-likeness (QED) is 0.515. The first-order chi connectivity index (χ1) is 12.1. The van der Waals surface area contributed by atoms with E-state index in [9.17, 15) is 4.79 Å². The van der Waals surface area contributed by atoms with Gasteiger partial charge in [0.1, 0.15) is 5.25 Å². The highest BCUT2D eigenvalue weighted by Crippen LogP contribution is 2.41. The second-order valence-electron chi connectivity index (χ2n) is 4.83. The van der Waals surface area contributed by atoms with Crippen molar-refractivity contribution in [2.24, 2.45) is 0 Å². The van der Waals surface area contributed by atoms with Gasteiger partial charge in [-0.15, -0.1) is 10.2 Å². The van der Waals surface area contributed by atoms with Crippen LogP contribution in [0.1, 0.15) is 13.3 Å². The van der Waals surface area contributed by atoms with Gasteiger partial charge in [-0.3, -0.25) is 4.79 Å². The number of hydrogen-bond acceptors (Lipinski definition) is 9. The largest absolute Gasteiger partial charge is 0.493 e. The zero-order valence-corrected chi connectivity index (χ0v) is 15.5. The highest BCUT2D eigenvalue weighted by Gasteiger charge is 2.23. The molecule has 0 aliphatic heterocycles. The van der Waals surface area contributed by atoms with E-state index in [4.69, 9.17) is 23.4 Å². The van der Waals surface area contributed by atoms with Gasteiger partial charge in [-0.1, -0.05) is 18.7 Å². The number of carbonyl (C=O) groups excluding carboxylic acids is 1. The number of aromatic nitrogens is 2. The highest BCUT2D eigenvalue weighted by atomic mass is 32.2. The van der Waals surface area contributed by atoms with Crippen LogP contribution in [0.2, 0.25) is 0 Å². The van der Waals surface area contributed by atoms with Crippen LogP contribution >= 0.6 is 11.8 Å². The van der Waals surface area contributed by atoms with E-state index in [0.29, 0.717) is 29.2 Å². The van der Waals surface area contributed by atoms with E-state index < -0.39 is 5.25 Å². The molecular weight excluding hydrogens is 348 g/mol. The third-order valence-corrected chi connectivity index (χ3v) is 4.57. The Morgan fingerprint density at radius 1 is 1.12 bits per heavy atom. The van der Waals surface area contributed by atoms with Crippen LogP contribution in [-0.4, -0.2) is 49.9 Å². The average Bonchev–Trinajstić information content (AvgIpc) is 3.12. The van der Waals surface area contributed by atoms with E-state index in [-0.39, 0.29) is 17.1 Å². The fourth-order valence-corrected chi connectivity index (χ4v) is 2.95. The monoisotopic (exact) mass is 368 g/mol. The van der Waals surface area contributed by atoms with E-state index in [1.807, 2.05) is 6.92 Å². The topological polar surface area (TPSA) is 92.9 Å². The number of nitrogens with zero attached hydrogens (tertiary/aromatic N) is 2. The second kappa shape index (κ2) is 8.61. The van der Waals surface area contributed by atoms with E-state index in [1.54, 1.807) is 12.1 Å². The number of hydrogen-bond donors (Lipinski definition) is 0. The van der Waals surface area contributed by atoms with Crippen LogP contribution in [0.5, 0.6) is 17.2 Å². The van der Waals surface area contributed by atoms with Gasteiger partial charge >= 0.3 is 5.97 Å². The molecule has 0 fully saturated rings. The molecule has 1 aromatic carbocycles. The van der Waals surface area contributed by atoms with Crippen molar-refractivity contribution < 1.29 is 28.2 Å². The van der Waals surface area contributed by atoms with Crippen molar-refractivity contribution in [3.05, 3.63) is 12.1 Å². The molecular formula is C16H20N2O6S. The number of carbonyl (C=O) groups is 1. The number of benzene rings is 1. The Balaban J connectivity index is 2.31. The van der Waals surface area contributed by atoms with Crippen molar-refractivity contribution in [3.8, 4) is 28.7 Å². The molecule has 8 nitrogen and oxygen atoms in total. The lowest BCUT2D eigenvalue weighted by Gasteiger charge is -2.12. The molecule has 2 aromatic rings. The molecule has 2 rings (SSSR count). The number of methoxy groups -OCH3 is 4. The van der Waals surface area contributed by atoms with Crippen LogP contribution in [-0.2, 0) is 9.53 Å². The number of thioether (sulfide) groups is 1. The van der Waals surface area contributed by atoms with Gasteiger partial charge in [-0.05, 0) is 18.6 Å². The maximum atomic E-state index is 11.7. The minimum absolute atomic E-state index is 0.279. The number of esters is 1. The van der Waals surface area contributed by atoms with Crippen LogP contribution in [0.25, 0.3) is 11.5 Å². The Hall–Kier alpha value is -2.42. The summed E-state index contributed by atoms with van der Waals surface area (Å²) in [5.74, 6) is 1.37. The summed E-state index contributed by atoms with van der Waals surface area (Å²) in [4.78, 5) is 11.7. The number of rotatable bonds is 8. The van der Waals surface area contributed by atoms with Gasteiger partial charge in [0.2, 0.25) is 11.6 Å². The maximum Gasteiger partial charge on any atom is 0.319 e. The summed E-state index contributed by atoms with van der Waals surface area (Å²) in [7, 11) is 5.93. The van der Waals surface area contributed by atoms with Gasteiger partial charge < -0.3 is 23.4 Å². The molecule has 0 spiro atoms. The van der Waals surface area contributed by atoms with Crippen LogP contribution in [0.4, 0.5) is 0 Å². The second-order valence-corrected chi connectivity index (χ2v) is 5.98. The van der Waals surface area contributed by atoms with Crippen LogP contribution in [0.3, 0.4) is 0 Å². The molecule has 25 heavy (non-hydrogen) atoms. The van der Waals surface area contributed by atoms with Crippen molar-refractivity contribution in [2.75, 3.05) is 28.4 Å². The summed E-state index contributed by atoms with van der Waals surface area (Å²) >= 11 is 1.16. The van der Waals surface area contributed by atoms with Gasteiger partial charge in [0.25, 0.3) is 5.22 Å². The van der Waals surface area contributed by atoms with Gasteiger partial charge in [-0.25, -0.2) is 0 Å². The third kappa shape index (κ3) is 4.16. The molecule has 1 heterocycles. The summed E-state index contributed by atoms with van der Waals surface area (Å²) in [6.45, 7) is 1.88. The van der Waals surface area contributed by atoms with Crippen molar-refractivity contribution in [2.45, 2.75) is 23.8 Å². The van der Waals surface area contributed by atoms with Crippen molar-refractivity contribution in [3.63, 3.8) is 0 Å². The van der Waals surface area contributed by atoms with Gasteiger partial charge in [-0.2, -0.15) is 0 Å². The van der Waals surface area contributed by atoms with Gasteiger partial charge in [0.15, 0.2) is 11.5 Å². The predicted octanol–water partition coefficient (Wildman–Crippen LogP) is 2.81. The standard InChI is InChI=1S/C16H20N2O6S/c1-6-12(15(19)23-5)25-16-18-17-14(24-16)9-7-10(20-2)13(22-4)11(8-9)21-3/h7-8,12H,6H2,1-5H3/t12-/m0/s1. The van der Waals surface area contributed by atoms with Crippen LogP contribution in [0.15, 0.2) is 21.8 Å². The summed E-state index contributed by atoms with van der Waals surface area (Å²) < 4.78 is 26.3. The first-order valence-corrected chi connectivity index (χ1v) is 8.34. The zero-order valence-electron chi connectivity index (χ0n) is 14.7. The molecule has 0 N–H and O–H groups in total. The lowest BCUT2D eigenvalue weighted by molar-refractivity contribution is -0.140. The van der Waals surface area contributed by atoms with Crippen molar-refractivity contribution >= 4 is 17.7 Å². The molecule has 0 aliphatic carbocycles. The molecule has 0 bridgehead atoms. The summed E-state index contributed by atoms with van der Waals surface area (Å²) in [6, 6.07) is 3.42. The Morgan fingerprint density at radius 3 is 2.24 bits per heavy atom. The Labute approximate surface area is 149 Å². The minimum Gasteiger partial charge on any atom is -0.493 e. The molecule has 1 aromatic heterocycles. The normalized spacial score (nSPS) is 11.7. The lowest BCUT2D eigenvalue weighted by Crippen LogP contribution is -2.17. The fourth-order valence-electron chi connectivity index (χ4n) is 2.13. The molecule has 0 saturated heterocycles. The lowest BCUT2D eigenvalue weighted by atomic mass is 10.2. The van der Waals surface area contributed by atoms with E-state index in [1.165, 1.54) is 28.4 Å².